The van der Waals surface area contributed by atoms with Gasteiger partial charge in [-0.25, -0.2) is 0 Å². The quantitative estimate of drug-likeness (QED) is 0.440. The van der Waals surface area contributed by atoms with Gasteiger partial charge < -0.3 is 0 Å². The number of carbonyl (C=O) groups is 1. The maximum Gasteiger partial charge on any atom is 0.273 e. The van der Waals surface area contributed by atoms with E-state index in [1.807, 2.05) is 0 Å². The van der Waals surface area contributed by atoms with Crippen LogP contribution in [0.1, 0.15) is 0 Å². The first-order chi connectivity index (χ1) is 3.42. The van der Waals surface area contributed by atoms with Crippen LogP contribution < -0.4 is 0 Å². The molecule has 0 amide bonds. The first kappa shape index (κ1) is 7.87. The highest BCUT2D eigenvalue weighted by molar-refractivity contribution is 7.86. The molecule has 0 aliphatic rings. The Balaban J connectivity index is 3.95. The molecule has 0 spiro atoms. The van der Waals surface area contributed by atoms with Crippen LogP contribution in [0.25, 0.3) is 0 Å². The maximum absolute atomic E-state index is 9.69. The van der Waals surface area contributed by atoms with Gasteiger partial charge in [-0.3, -0.25) is 9.35 Å². The van der Waals surface area contributed by atoms with E-state index < -0.39 is 21.1 Å². The van der Waals surface area contributed by atoms with Crippen molar-refractivity contribution in [1.29, 1.82) is 0 Å². The molecule has 0 aromatic heterocycles. The Morgan fingerprint density at radius 2 is 2.00 bits per heavy atom. The minimum atomic E-state index is -4.20. The Bertz CT molecular complexity index is 180. The van der Waals surface area contributed by atoms with Crippen molar-refractivity contribution < 1.29 is 17.8 Å². The molecule has 0 saturated heterocycles. The van der Waals surface area contributed by atoms with Crippen molar-refractivity contribution in [3.05, 3.63) is 0 Å². The number of rotatable bonds is 2. The lowest BCUT2D eigenvalue weighted by Crippen LogP contribution is -2.09. The molecule has 0 unspecified atom stereocenters. The lowest BCUT2D eigenvalue weighted by atomic mass is 10.9. The van der Waals surface area contributed by atoms with Crippen LogP contribution in [-0.2, 0) is 14.9 Å². The summed E-state index contributed by atoms with van der Waals surface area (Å²) in [6.45, 7) is 0. The number of carbonyl (C=O) groups excluding carboxylic acids is 1. The smallest absolute Gasteiger partial charge is 0.273 e. The first-order valence-electron chi connectivity index (χ1n) is 1.55. The molecule has 0 bridgehead atoms. The number of halogens is 1. The Labute approximate surface area is 51.2 Å². The van der Waals surface area contributed by atoms with Crippen molar-refractivity contribution in [1.82, 2.24) is 0 Å². The molecule has 0 saturated carbocycles. The lowest BCUT2D eigenvalue weighted by molar-refractivity contribution is -0.109. The molecule has 0 heterocycles. The molecule has 4 nitrogen and oxygen atoms in total. The van der Waals surface area contributed by atoms with Gasteiger partial charge in [-0.2, -0.15) is 8.42 Å². The topological polar surface area (TPSA) is 71.4 Å². The summed E-state index contributed by atoms with van der Waals surface area (Å²) in [4.78, 5) is 9.69. The molecule has 0 aromatic carbocycles. The van der Waals surface area contributed by atoms with E-state index in [4.69, 9.17) is 4.55 Å². The Hall–Kier alpha value is -0.130. The molecule has 0 atom stereocenters. The molecule has 6 heteroatoms. The van der Waals surface area contributed by atoms with Crippen LogP contribution in [0, 0.1) is 0 Å². The molecule has 0 aliphatic heterocycles. The van der Waals surface area contributed by atoms with E-state index in [2.05, 4.69) is 11.6 Å². The van der Waals surface area contributed by atoms with Crippen molar-refractivity contribution in [2.45, 2.75) is 0 Å². The summed E-state index contributed by atoms with van der Waals surface area (Å²) in [5, 5.41) is -1.09. The fourth-order valence-corrected chi connectivity index (χ4v) is 0.844. The maximum atomic E-state index is 9.69. The van der Waals surface area contributed by atoms with Gasteiger partial charge in [0, 0.05) is 0 Å². The van der Waals surface area contributed by atoms with Gasteiger partial charge in [0.15, 0.2) is 0 Å². The van der Waals surface area contributed by atoms with Crippen LogP contribution in [0.15, 0.2) is 0 Å². The van der Waals surface area contributed by atoms with Gasteiger partial charge in [-0.05, 0) is 11.6 Å². The van der Waals surface area contributed by atoms with Gasteiger partial charge in [0.25, 0.3) is 10.1 Å². The van der Waals surface area contributed by atoms with Crippen LogP contribution in [0.5, 0.6) is 0 Å². The van der Waals surface area contributed by atoms with Crippen molar-refractivity contribution in [3.8, 4) is 0 Å². The normalized spacial score (nSPS) is 11.2. The molecule has 0 aromatic rings. The largest absolute Gasteiger partial charge is 0.285 e. The third kappa shape index (κ3) is 5.87. The minimum absolute atomic E-state index is 1.02. The van der Waals surface area contributed by atoms with E-state index in [9.17, 15) is 13.2 Å². The molecule has 0 rings (SSSR count). The number of hydrogen-bond acceptors (Lipinski definition) is 3. The van der Waals surface area contributed by atoms with Crippen LogP contribution in [0.2, 0.25) is 0 Å². The standard InChI is InChI=1S/C2H3ClO4S/c3-2(4)1-8(5,6)7/h1H2,(H,5,6,7). The van der Waals surface area contributed by atoms with Crippen molar-refractivity contribution in [2.75, 3.05) is 5.75 Å². The summed E-state index contributed by atoms with van der Waals surface area (Å²) < 4.78 is 27.2. The highest BCUT2D eigenvalue weighted by atomic mass is 35.5. The van der Waals surface area contributed by atoms with Gasteiger partial charge in [0.2, 0.25) is 5.24 Å². The summed E-state index contributed by atoms with van der Waals surface area (Å²) in [6.07, 6.45) is 0. The SMILES string of the molecule is O=C(Cl)CS(=O)(=O)O. The lowest BCUT2D eigenvalue weighted by Gasteiger charge is -1.84. The number of hydrogen-bond donors (Lipinski definition) is 1. The van der Waals surface area contributed by atoms with E-state index >= 15 is 0 Å². The molecular weight excluding hydrogens is 156 g/mol. The summed E-state index contributed by atoms with van der Waals surface area (Å²) >= 11 is 4.58. The molecule has 48 valence electrons. The monoisotopic (exact) mass is 158 g/mol. The molecular formula is C2H3ClO4S. The zero-order valence-corrected chi connectivity index (χ0v) is 5.24. The fourth-order valence-electron chi connectivity index (χ4n) is 0.143. The second kappa shape index (κ2) is 2.43. The van der Waals surface area contributed by atoms with Gasteiger partial charge >= 0.3 is 0 Å². The molecule has 1 N–H and O–H groups in total. The van der Waals surface area contributed by atoms with E-state index in [1.165, 1.54) is 0 Å². The van der Waals surface area contributed by atoms with E-state index in [-0.39, 0.29) is 0 Å². The zero-order chi connectivity index (χ0) is 6.78. The zero-order valence-electron chi connectivity index (χ0n) is 3.67. The van der Waals surface area contributed by atoms with Gasteiger partial charge in [-0.1, -0.05) is 0 Å². The average Bonchev–Trinajstić information content (AvgIpc) is 1.21. The van der Waals surface area contributed by atoms with Crippen LogP contribution in [0.4, 0.5) is 0 Å². The highest BCUT2D eigenvalue weighted by Crippen LogP contribution is 1.86. The Kier molecular flexibility index (Phi) is 2.39. The third-order valence-electron chi connectivity index (χ3n) is 0.296. The predicted molar refractivity (Wildman–Crippen MR) is 27.3 cm³/mol. The average molecular weight is 159 g/mol. The Morgan fingerprint density at radius 1 is 1.62 bits per heavy atom. The van der Waals surface area contributed by atoms with E-state index in [1.54, 1.807) is 0 Å². The Morgan fingerprint density at radius 3 is 2.00 bits per heavy atom. The van der Waals surface area contributed by atoms with Crippen LogP contribution >= 0.6 is 11.6 Å². The van der Waals surface area contributed by atoms with E-state index in [0.717, 1.165) is 0 Å². The minimum Gasteiger partial charge on any atom is -0.285 e. The van der Waals surface area contributed by atoms with Gasteiger partial charge in [-0.15, -0.1) is 0 Å². The summed E-state index contributed by atoms with van der Waals surface area (Å²) in [5.74, 6) is -1.02. The fraction of sp³-hybridized carbons (Fsp3) is 0.500. The highest BCUT2D eigenvalue weighted by Gasteiger charge is 2.08. The van der Waals surface area contributed by atoms with E-state index in [0.29, 0.717) is 0 Å². The first-order valence-corrected chi connectivity index (χ1v) is 3.54. The second-order valence-corrected chi connectivity index (χ2v) is 2.96. The van der Waals surface area contributed by atoms with Crippen molar-refractivity contribution >= 4 is 27.0 Å². The molecule has 0 aliphatic carbocycles. The second-order valence-electron chi connectivity index (χ2n) is 1.08. The van der Waals surface area contributed by atoms with Gasteiger partial charge in [0.1, 0.15) is 5.75 Å². The molecule has 0 fully saturated rings. The summed E-state index contributed by atoms with van der Waals surface area (Å²) in [7, 11) is -4.20. The molecule has 0 radical (unpaired) electrons. The predicted octanol–water partition coefficient (Wildman–Crippen LogP) is -0.360. The summed E-state index contributed by atoms with van der Waals surface area (Å²) in [5.41, 5.74) is 0. The van der Waals surface area contributed by atoms with Crippen LogP contribution in [-0.4, -0.2) is 24.0 Å². The summed E-state index contributed by atoms with van der Waals surface area (Å²) in [6, 6.07) is 0. The van der Waals surface area contributed by atoms with Crippen molar-refractivity contribution in [2.24, 2.45) is 0 Å². The van der Waals surface area contributed by atoms with Gasteiger partial charge in [0.05, 0.1) is 0 Å². The van der Waals surface area contributed by atoms with Crippen LogP contribution in [0.3, 0.4) is 0 Å². The molecule has 8 heavy (non-hydrogen) atoms. The third-order valence-corrected chi connectivity index (χ3v) is 1.21. The van der Waals surface area contributed by atoms with Crippen molar-refractivity contribution in [3.63, 3.8) is 0 Å².